The van der Waals surface area contributed by atoms with E-state index in [1.54, 1.807) is 6.92 Å². The van der Waals surface area contributed by atoms with Crippen LogP contribution in [0.15, 0.2) is 12.2 Å². The standard InChI is InChI=1S/C21H29ClO5/c1-14-16(13-23)18(24)15(19(25)17(14)22)11-9-7-5-6-8-10-12-27-20(26)21(2,3)4/h7,9,13,24-25H,5-6,8,10-12H2,1-4H3. The maximum absolute atomic E-state index is 11.6. The number of allylic oxidation sites excluding steroid dienone is 2. The summed E-state index contributed by atoms with van der Waals surface area (Å²) in [6.07, 6.45) is 8.11. The first-order valence-corrected chi connectivity index (χ1v) is 9.49. The minimum absolute atomic E-state index is 0.0862. The first-order valence-electron chi connectivity index (χ1n) is 9.11. The molecular formula is C21H29ClO5. The molecule has 0 aromatic heterocycles. The van der Waals surface area contributed by atoms with Gasteiger partial charge < -0.3 is 14.9 Å². The number of esters is 1. The molecule has 27 heavy (non-hydrogen) atoms. The lowest BCUT2D eigenvalue weighted by Gasteiger charge is -2.16. The van der Waals surface area contributed by atoms with Crippen LogP contribution in [0.5, 0.6) is 11.5 Å². The number of carbonyl (C=O) groups excluding carboxylic acids is 2. The van der Waals surface area contributed by atoms with Gasteiger partial charge in [-0.2, -0.15) is 0 Å². The Morgan fingerprint density at radius 2 is 1.78 bits per heavy atom. The quantitative estimate of drug-likeness (QED) is 0.262. The number of carbonyl (C=O) groups is 2. The molecule has 0 unspecified atom stereocenters. The summed E-state index contributed by atoms with van der Waals surface area (Å²) >= 11 is 6.02. The van der Waals surface area contributed by atoms with Gasteiger partial charge in [-0.25, -0.2) is 0 Å². The molecule has 0 aliphatic rings. The van der Waals surface area contributed by atoms with Crippen LogP contribution in [0, 0.1) is 12.3 Å². The molecule has 5 nitrogen and oxygen atoms in total. The summed E-state index contributed by atoms with van der Waals surface area (Å²) in [5.74, 6) is -0.606. The van der Waals surface area contributed by atoms with Gasteiger partial charge in [0.25, 0.3) is 0 Å². The lowest BCUT2D eigenvalue weighted by Crippen LogP contribution is -2.23. The Morgan fingerprint density at radius 1 is 1.11 bits per heavy atom. The predicted molar refractivity (Wildman–Crippen MR) is 107 cm³/mol. The molecule has 1 rings (SSSR count). The second-order valence-corrected chi connectivity index (χ2v) is 7.94. The molecule has 0 amide bonds. The van der Waals surface area contributed by atoms with Gasteiger partial charge in [-0.1, -0.05) is 23.8 Å². The molecule has 0 saturated carbocycles. The molecule has 0 spiro atoms. The molecule has 0 saturated heterocycles. The third-order valence-corrected chi connectivity index (χ3v) is 4.70. The first-order chi connectivity index (χ1) is 12.6. The van der Waals surface area contributed by atoms with E-state index in [4.69, 9.17) is 16.3 Å². The number of hydrogen-bond acceptors (Lipinski definition) is 5. The largest absolute Gasteiger partial charge is 0.507 e. The van der Waals surface area contributed by atoms with Gasteiger partial charge in [0.2, 0.25) is 0 Å². The van der Waals surface area contributed by atoms with E-state index >= 15 is 0 Å². The molecular weight excluding hydrogens is 368 g/mol. The van der Waals surface area contributed by atoms with E-state index < -0.39 is 5.41 Å². The van der Waals surface area contributed by atoms with Crippen molar-refractivity contribution < 1.29 is 24.5 Å². The highest BCUT2D eigenvalue weighted by molar-refractivity contribution is 6.33. The van der Waals surface area contributed by atoms with E-state index in [-0.39, 0.29) is 40.0 Å². The van der Waals surface area contributed by atoms with E-state index in [2.05, 4.69) is 0 Å². The third kappa shape index (κ3) is 6.58. The highest BCUT2D eigenvalue weighted by atomic mass is 35.5. The zero-order valence-electron chi connectivity index (χ0n) is 16.5. The van der Waals surface area contributed by atoms with Gasteiger partial charge in [-0.05, 0) is 65.4 Å². The molecule has 0 bridgehead atoms. The van der Waals surface area contributed by atoms with Crippen molar-refractivity contribution in [1.82, 2.24) is 0 Å². The third-order valence-electron chi connectivity index (χ3n) is 4.24. The van der Waals surface area contributed by atoms with E-state index in [1.807, 2.05) is 32.9 Å². The molecule has 0 atom stereocenters. The van der Waals surface area contributed by atoms with Crippen molar-refractivity contribution in [3.05, 3.63) is 33.9 Å². The number of benzene rings is 1. The van der Waals surface area contributed by atoms with Crippen LogP contribution in [-0.2, 0) is 16.0 Å². The molecule has 0 heterocycles. The number of unbranched alkanes of at least 4 members (excludes halogenated alkanes) is 3. The lowest BCUT2D eigenvalue weighted by atomic mass is 9.97. The van der Waals surface area contributed by atoms with Crippen LogP contribution in [0.1, 0.15) is 67.9 Å². The summed E-state index contributed by atoms with van der Waals surface area (Å²) in [5.41, 5.74) is 0.244. The molecule has 1 aromatic rings. The van der Waals surface area contributed by atoms with E-state index in [1.165, 1.54) is 0 Å². The summed E-state index contributed by atoms with van der Waals surface area (Å²) in [6.45, 7) is 7.49. The van der Waals surface area contributed by atoms with Crippen molar-refractivity contribution in [1.29, 1.82) is 0 Å². The van der Waals surface area contributed by atoms with Crippen molar-refractivity contribution in [3.8, 4) is 11.5 Å². The maximum atomic E-state index is 11.6. The summed E-state index contributed by atoms with van der Waals surface area (Å²) in [4.78, 5) is 22.7. The van der Waals surface area contributed by atoms with Gasteiger partial charge in [0, 0.05) is 5.56 Å². The minimum atomic E-state index is -0.470. The van der Waals surface area contributed by atoms with Crippen LogP contribution >= 0.6 is 11.6 Å². The molecule has 0 aliphatic carbocycles. The van der Waals surface area contributed by atoms with Crippen molar-refractivity contribution in [2.24, 2.45) is 5.41 Å². The van der Waals surface area contributed by atoms with Crippen molar-refractivity contribution in [3.63, 3.8) is 0 Å². The van der Waals surface area contributed by atoms with Gasteiger partial charge in [-0.3, -0.25) is 9.59 Å². The minimum Gasteiger partial charge on any atom is -0.507 e. The Bertz CT molecular complexity index is 702. The fourth-order valence-corrected chi connectivity index (χ4v) is 2.68. The molecule has 150 valence electrons. The maximum Gasteiger partial charge on any atom is 0.311 e. The van der Waals surface area contributed by atoms with Crippen LogP contribution in [-0.4, -0.2) is 29.1 Å². The zero-order chi connectivity index (χ0) is 20.6. The molecule has 2 N–H and O–H groups in total. The zero-order valence-corrected chi connectivity index (χ0v) is 17.2. The smallest absolute Gasteiger partial charge is 0.311 e. The SMILES string of the molecule is Cc1c(Cl)c(O)c(CC=CCCCCCOC(=O)C(C)(C)C)c(O)c1C=O. The van der Waals surface area contributed by atoms with Gasteiger partial charge in [-0.15, -0.1) is 0 Å². The molecule has 6 heteroatoms. The van der Waals surface area contributed by atoms with Crippen LogP contribution in [0.25, 0.3) is 0 Å². The van der Waals surface area contributed by atoms with Crippen LogP contribution in [0.2, 0.25) is 5.02 Å². The fraction of sp³-hybridized carbons (Fsp3) is 0.524. The highest BCUT2D eigenvalue weighted by Gasteiger charge is 2.22. The van der Waals surface area contributed by atoms with E-state index in [9.17, 15) is 19.8 Å². The molecule has 1 aromatic carbocycles. The van der Waals surface area contributed by atoms with Crippen molar-refractivity contribution >= 4 is 23.9 Å². The number of rotatable bonds is 9. The second kappa shape index (κ2) is 10.4. The normalized spacial score (nSPS) is 11.7. The van der Waals surface area contributed by atoms with Crippen LogP contribution < -0.4 is 0 Å². The van der Waals surface area contributed by atoms with E-state index in [0.717, 1.165) is 25.7 Å². The molecule has 0 fully saturated rings. The van der Waals surface area contributed by atoms with Crippen molar-refractivity contribution in [2.75, 3.05) is 6.61 Å². The van der Waals surface area contributed by atoms with Crippen molar-refractivity contribution in [2.45, 2.75) is 59.8 Å². The number of hydrogen-bond donors (Lipinski definition) is 2. The average molecular weight is 397 g/mol. The average Bonchev–Trinajstić information content (AvgIpc) is 2.60. The van der Waals surface area contributed by atoms with Gasteiger partial charge in [0.05, 0.1) is 22.6 Å². The molecule has 0 aliphatic heterocycles. The van der Waals surface area contributed by atoms with Gasteiger partial charge >= 0.3 is 5.97 Å². The summed E-state index contributed by atoms with van der Waals surface area (Å²) in [6, 6.07) is 0. The summed E-state index contributed by atoms with van der Waals surface area (Å²) in [7, 11) is 0. The topological polar surface area (TPSA) is 83.8 Å². The number of phenols is 2. The number of aromatic hydroxyl groups is 2. The Kier molecular flexibility index (Phi) is 8.83. The Balaban J connectivity index is 2.41. The highest BCUT2D eigenvalue weighted by Crippen LogP contribution is 2.40. The molecule has 0 radical (unpaired) electrons. The van der Waals surface area contributed by atoms with Gasteiger partial charge in [0.15, 0.2) is 6.29 Å². The number of aldehydes is 1. The second-order valence-electron chi connectivity index (χ2n) is 7.56. The van der Waals surface area contributed by atoms with Crippen LogP contribution in [0.3, 0.4) is 0 Å². The number of ether oxygens (including phenoxy) is 1. The number of phenolic OH excluding ortho intramolecular Hbond substituents is 2. The van der Waals surface area contributed by atoms with E-state index in [0.29, 0.717) is 18.5 Å². The Hall–Kier alpha value is -2.01. The van der Waals surface area contributed by atoms with Gasteiger partial charge in [0.1, 0.15) is 11.5 Å². The summed E-state index contributed by atoms with van der Waals surface area (Å²) < 4.78 is 5.21. The van der Waals surface area contributed by atoms with Crippen LogP contribution in [0.4, 0.5) is 0 Å². The number of halogens is 1. The fourth-order valence-electron chi connectivity index (χ4n) is 2.46. The Labute approximate surface area is 166 Å². The predicted octanol–water partition coefficient (Wildman–Crippen LogP) is 5.12. The summed E-state index contributed by atoms with van der Waals surface area (Å²) in [5, 5.41) is 20.3. The lowest BCUT2D eigenvalue weighted by molar-refractivity contribution is -0.153. The Morgan fingerprint density at radius 3 is 2.37 bits per heavy atom. The monoisotopic (exact) mass is 396 g/mol. The first kappa shape index (κ1) is 23.0.